The summed E-state index contributed by atoms with van der Waals surface area (Å²) >= 11 is 0. The predicted octanol–water partition coefficient (Wildman–Crippen LogP) is 6.19. The number of methoxy groups -OCH3 is 1. The molecule has 26 heavy (non-hydrogen) atoms. The smallest absolute Gasteiger partial charge is 0.332 e. The average molecular weight is 385 g/mol. The Hall–Kier alpha value is -1.36. The summed E-state index contributed by atoms with van der Waals surface area (Å²) in [6.45, 7) is 17.1. The van der Waals surface area contributed by atoms with Crippen molar-refractivity contribution in [1.82, 2.24) is 0 Å². The summed E-state index contributed by atoms with van der Waals surface area (Å²) in [6, 6.07) is 3.38. The lowest BCUT2D eigenvalue weighted by Gasteiger charge is -2.31. The van der Waals surface area contributed by atoms with Crippen molar-refractivity contribution in [3.63, 3.8) is 0 Å². The van der Waals surface area contributed by atoms with Crippen LogP contribution in [-0.2, 0) is 18.8 Å². The van der Waals surface area contributed by atoms with Gasteiger partial charge >= 0.3 is 11.9 Å². The molecule has 0 saturated heterocycles. The van der Waals surface area contributed by atoms with Crippen LogP contribution < -0.4 is 0 Å². The highest BCUT2D eigenvalue weighted by Gasteiger charge is 2.36. The van der Waals surface area contributed by atoms with Crippen LogP contribution in [0.3, 0.4) is 0 Å². The van der Waals surface area contributed by atoms with E-state index >= 15 is 0 Å². The summed E-state index contributed by atoms with van der Waals surface area (Å²) in [6.07, 6.45) is 7.09. The minimum absolute atomic E-state index is 0.157. The van der Waals surface area contributed by atoms with E-state index in [9.17, 15) is 9.59 Å². The van der Waals surface area contributed by atoms with E-state index in [1.54, 1.807) is 13.8 Å². The largest absolute Gasteiger partial charge is 0.516 e. The van der Waals surface area contributed by atoms with Gasteiger partial charge in [-0.05, 0) is 32.0 Å². The second-order valence-electron chi connectivity index (χ2n) is 6.94. The number of hydrogen-bond acceptors (Lipinski definition) is 4. The van der Waals surface area contributed by atoms with Gasteiger partial charge in [-0.2, -0.15) is 0 Å². The zero-order chi connectivity index (χ0) is 20.6. The van der Waals surface area contributed by atoms with Gasteiger partial charge in [-0.1, -0.05) is 72.5 Å². The van der Waals surface area contributed by atoms with Crippen LogP contribution in [0.25, 0.3) is 0 Å². The molecule has 0 N–H and O–H groups in total. The summed E-state index contributed by atoms with van der Waals surface area (Å²) in [4.78, 5) is 22.2. The second kappa shape index (κ2) is 15.9. The molecule has 0 aromatic rings. The lowest BCUT2D eigenvalue weighted by molar-refractivity contribution is -0.136. The Labute approximate surface area is 162 Å². The summed E-state index contributed by atoms with van der Waals surface area (Å²) in [5.41, 5.74) is 0.976. The average Bonchev–Trinajstić information content (AvgIpc) is 2.62. The monoisotopic (exact) mass is 384 g/mol. The normalized spacial score (nSPS) is 10.4. The Morgan fingerprint density at radius 3 is 1.31 bits per heavy atom. The van der Waals surface area contributed by atoms with Gasteiger partial charge in [0.05, 0.1) is 7.11 Å². The molecule has 152 valence electrons. The zero-order valence-corrected chi connectivity index (χ0v) is 18.9. The number of unbranched alkanes of at least 4 members (excludes halogenated alkanes) is 3. The molecular weight excluding hydrogens is 344 g/mol. The van der Waals surface area contributed by atoms with Crippen molar-refractivity contribution >= 4 is 20.3 Å². The van der Waals surface area contributed by atoms with E-state index in [-0.39, 0.29) is 11.9 Å². The fraction of sp³-hybridized carbons (Fsp3) is 0.714. The molecule has 0 rings (SSSR count). The predicted molar refractivity (Wildman–Crippen MR) is 113 cm³/mol. The summed E-state index contributed by atoms with van der Waals surface area (Å²) in [5.74, 6) is -0.505. The molecule has 0 spiro atoms. The lowest BCUT2D eigenvalue weighted by Crippen LogP contribution is -2.40. The van der Waals surface area contributed by atoms with Gasteiger partial charge in [0, 0.05) is 11.1 Å². The van der Waals surface area contributed by atoms with Gasteiger partial charge in [-0.25, -0.2) is 9.59 Å². The first-order valence-corrected chi connectivity index (χ1v) is 12.3. The van der Waals surface area contributed by atoms with Gasteiger partial charge in [-0.3, -0.25) is 0 Å². The summed E-state index contributed by atoms with van der Waals surface area (Å²) < 4.78 is 10.3. The van der Waals surface area contributed by atoms with E-state index in [2.05, 4.69) is 38.7 Å². The van der Waals surface area contributed by atoms with E-state index in [1.807, 2.05) is 0 Å². The fourth-order valence-corrected chi connectivity index (χ4v) is 7.10. The lowest BCUT2D eigenvalue weighted by atomic mass is 10.4. The standard InChI is InChI=1S/C16H32O2Si.C5H8O2/c1-6-9-12-19(13-10-7-2,14-11-8-3)18-16(17)15(4)5;1-4(2)5(6)7-3/h4,6-14H2,1-3,5H3;1H2,2-3H3. The van der Waals surface area contributed by atoms with Crippen molar-refractivity contribution in [1.29, 1.82) is 0 Å². The minimum atomic E-state index is -1.89. The first-order valence-electron chi connectivity index (χ1n) is 9.82. The van der Waals surface area contributed by atoms with Gasteiger partial charge < -0.3 is 9.16 Å². The van der Waals surface area contributed by atoms with Crippen molar-refractivity contribution in [2.75, 3.05) is 7.11 Å². The van der Waals surface area contributed by atoms with E-state index in [1.165, 1.54) is 45.6 Å². The number of esters is 1. The van der Waals surface area contributed by atoms with Crippen LogP contribution in [0.5, 0.6) is 0 Å². The zero-order valence-electron chi connectivity index (χ0n) is 17.9. The molecule has 0 aliphatic carbocycles. The molecule has 0 heterocycles. The van der Waals surface area contributed by atoms with E-state index < -0.39 is 8.32 Å². The van der Waals surface area contributed by atoms with Crippen LogP contribution in [-0.4, -0.2) is 27.4 Å². The van der Waals surface area contributed by atoms with Crippen molar-refractivity contribution in [2.24, 2.45) is 0 Å². The molecular formula is C21H40O4Si. The van der Waals surface area contributed by atoms with Crippen molar-refractivity contribution < 1.29 is 18.8 Å². The molecule has 0 fully saturated rings. The Bertz CT molecular complexity index is 422. The molecule has 5 heteroatoms. The van der Waals surface area contributed by atoms with E-state index in [0.29, 0.717) is 11.1 Å². The number of rotatable bonds is 12. The maximum atomic E-state index is 12.0. The molecule has 0 aliphatic heterocycles. The molecule has 0 amide bonds. The molecule has 0 aromatic carbocycles. The van der Waals surface area contributed by atoms with Gasteiger partial charge in [0.25, 0.3) is 8.32 Å². The third-order valence-electron chi connectivity index (χ3n) is 4.15. The van der Waals surface area contributed by atoms with Crippen LogP contribution in [0.4, 0.5) is 0 Å². The fourth-order valence-electron chi connectivity index (χ4n) is 2.48. The molecule has 0 saturated carbocycles. The first kappa shape index (κ1) is 26.9. The molecule has 0 aromatic heterocycles. The molecule has 0 atom stereocenters. The number of carbonyl (C=O) groups excluding carboxylic acids is 2. The maximum absolute atomic E-state index is 12.0. The van der Waals surface area contributed by atoms with Crippen LogP contribution in [0.2, 0.25) is 18.1 Å². The molecule has 0 unspecified atom stereocenters. The van der Waals surface area contributed by atoms with Crippen molar-refractivity contribution in [3.05, 3.63) is 24.3 Å². The Balaban J connectivity index is 0. The molecule has 0 bridgehead atoms. The number of ether oxygens (including phenoxy) is 1. The van der Waals surface area contributed by atoms with Crippen molar-refractivity contribution in [3.8, 4) is 0 Å². The first-order chi connectivity index (χ1) is 12.2. The quantitative estimate of drug-likeness (QED) is 0.229. The topological polar surface area (TPSA) is 52.6 Å². The van der Waals surface area contributed by atoms with E-state index in [4.69, 9.17) is 4.43 Å². The highest BCUT2D eigenvalue weighted by molar-refractivity contribution is 6.75. The molecule has 0 aliphatic rings. The maximum Gasteiger partial charge on any atom is 0.332 e. The third kappa shape index (κ3) is 12.9. The highest BCUT2D eigenvalue weighted by Crippen LogP contribution is 2.30. The van der Waals surface area contributed by atoms with Crippen LogP contribution in [0, 0.1) is 0 Å². The summed E-state index contributed by atoms with van der Waals surface area (Å²) in [5, 5.41) is 0. The second-order valence-corrected chi connectivity index (χ2v) is 11.0. The Morgan fingerprint density at radius 1 is 0.769 bits per heavy atom. The Kier molecular flexibility index (Phi) is 16.4. The highest BCUT2D eigenvalue weighted by atomic mass is 28.4. The van der Waals surface area contributed by atoms with Gasteiger partial charge in [-0.15, -0.1) is 0 Å². The van der Waals surface area contributed by atoms with Crippen LogP contribution in [0.15, 0.2) is 24.3 Å². The van der Waals surface area contributed by atoms with E-state index in [0.717, 1.165) is 18.1 Å². The SMILES string of the molecule is C=C(C)C(=O)OC.C=C(C)C(=O)O[Si](CCCC)(CCCC)CCCC. The summed E-state index contributed by atoms with van der Waals surface area (Å²) in [7, 11) is -0.564. The van der Waals surface area contributed by atoms with Crippen molar-refractivity contribution in [2.45, 2.75) is 91.3 Å². The molecule has 4 nitrogen and oxygen atoms in total. The van der Waals surface area contributed by atoms with Gasteiger partial charge in [0.1, 0.15) is 0 Å². The van der Waals surface area contributed by atoms with Gasteiger partial charge in [0.2, 0.25) is 0 Å². The Morgan fingerprint density at radius 2 is 1.12 bits per heavy atom. The third-order valence-corrected chi connectivity index (χ3v) is 8.56. The van der Waals surface area contributed by atoms with Gasteiger partial charge in [0.15, 0.2) is 0 Å². The van der Waals surface area contributed by atoms with Crippen LogP contribution >= 0.6 is 0 Å². The van der Waals surface area contributed by atoms with Crippen LogP contribution in [0.1, 0.15) is 73.1 Å². The molecule has 0 radical (unpaired) electrons. The number of hydrogen-bond donors (Lipinski definition) is 0. The number of carbonyl (C=O) groups is 2. The minimum Gasteiger partial charge on any atom is -0.516 e.